The highest BCUT2D eigenvalue weighted by Gasteiger charge is 2.34. The molecule has 13 heavy (non-hydrogen) atoms. The molecular weight excluding hydrogens is 190 g/mol. The van der Waals surface area contributed by atoms with Crippen LogP contribution >= 0.6 is 0 Å². The summed E-state index contributed by atoms with van der Waals surface area (Å²) in [6, 6.07) is 0.417. The van der Waals surface area contributed by atoms with Crippen molar-refractivity contribution in [3.05, 3.63) is 0 Å². The lowest BCUT2D eigenvalue weighted by molar-refractivity contribution is 0.548. The van der Waals surface area contributed by atoms with Crippen molar-refractivity contribution >= 4 is 15.8 Å². The van der Waals surface area contributed by atoms with E-state index < -0.39 is 9.84 Å². The maximum atomic E-state index is 10.8. The van der Waals surface area contributed by atoms with E-state index in [1.165, 1.54) is 0 Å². The number of rotatable bonds is 1. The maximum Gasteiger partial charge on any atom is 0.191 e. The van der Waals surface area contributed by atoms with Crippen molar-refractivity contribution in [3.8, 4) is 0 Å². The Bertz CT molecular complexity index is 324. The van der Waals surface area contributed by atoms with Gasteiger partial charge in [-0.25, -0.2) is 8.42 Å². The fraction of sp³-hybridized carbons (Fsp3) is 0.857. The van der Waals surface area contributed by atoms with E-state index in [2.05, 4.69) is 15.6 Å². The summed E-state index contributed by atoms with van der Waals surface area (Å²) < 4.78 is 21.7. The minimum atomic E-state index is -2.73. The Hall–Kier alpha value is -0.780. The Balaban J connectivity index is 1.82. The molecule has 0 aliphatic carbocycles. The summed E-state index contributed by atoms with van der Waals surface area (Å²) in [5, 5.41) is 6.19. The van der Waals surface area contributed by atoms with Gasteiger partial charge in [0.2, 0.25) is 0 Å². The topological polar surface area (TPSA) is 70.6 Å². The van der Waals surface area contributed by atoms with Crippen LogP contribution in [0.5, 0.6) is 0 Å². The van der Waals surface area contributed by atoms with Crippen LogP contribution in [0, 0.1) is 0 Å². The van der Waals surface area contributed by atoms with E-state index in [1.807, 2.05) is 6.92 Å². The van der Waals surface area contributed by atoms with Crippen LogP contribution in [0.15, 0.2) is 4.99 Å². The number of sulfone groups is 1. The maximum absolute atomic E-state index is 10.8. The highest BCUT2D eigenvalue weighted by Crippen LogP contribution is 2.10. The van der Waals surface area contributed by atoms with E-state index in [0.29, 0.717) is 6.04 Å². The first-order valence-electron chi connectivity index (χ1n) is 4.33. The number of hydrogen-bond acceptors (Lipinski definition) is 5. The largest absolute Gasteiger partial charge is 0.352 e. The standard InChI is InChI=1S/C7H13N3O2S/c1-5-2-8-7(9-5)10-6-3-13(11,12)4-6/h5-6H,2-4H2,1H3,(H2,8,9,10). The predicted octanol–water partition coefficient (Wildman–Crippen LogP) is -1.28. The summed E-state index contributed by atoms with van der Waals surface area (Å²) in [7, 11) is -2.73. The average molecular weight is 203 g/mol. The number of nitrogens with one attached hydrogen (secondary N) is 2. The zero-order chi connectivity index (χ0) is 9.47. The van der Waals surface area contributed by atoms with Crippen LogP contribution < -0.4 is 10.6 Å². The van der Waals surface area contributed by atoms with Crippen LogP contribution in [0.2, 0.25) is 0 Å². The second-order valence-corrected chi connectivity index (χ2v) is 5.81. The number of guanidine groups is 1. The molecule has 2 rings (SSSR count). The SMILES string of the molecule is CC1CN=C(NC2CS(=O)(=O)C2)N1. The fourth-order valence-electron chi connectivity index (χ4n) is 1.48. The Labute approximate surface area is 77.5 Å². The van der Waals surface area contributed by atoms with Gasteiger partial charge in [-0.1, -0.05) is 0 Å². The summed E-state index contributed by atoms with van der Waals surface area (Å²) in [6.45, 7) is 2.80. The summed E-state index contributed by atoms with van der Waals surface area (Å²) >= 11 is 0. The molecule has 2 heterocycles. The van der Waals surface area contributed by atoms with Crippen molar-refractivity contribution in [1.29, 1.82) is 0 Å². The van der Waals surface area contributed by atoms with Gasteiger partial charge in [-0.05, 0) is 6.92 Å². The quantitative estimate of drug-likeness (QED) is 0.557. The number of aliphatic imine (C=N–C) groups is 1. The Morgan fingerprint density at radius 2 is 2.23 bits per heavy atom. The molecule has 0 spiro atoms. The molecule has 1 atom stereocenters. The fourth-order valence-corrected chi connectivity index (χ4v) is 2.78. The van der Waals surface area contributed by atoms with Crippen LogP contribution in [0.4, 0.5) is 0 Å². The first-order chi connectivity index (χ1) is 6.05. The van der Waals surface area contributed by atoms with Crippen molar-refractivity contribution in [3.63, 3.8) is 0 Å². The van der Waals surface area contributed by atoms with Crippen molar-refractivity contribution in [1.82, 2.24) is 10.6 Å². The van der Waals surface area contributed by atoms with Gasteiger partial charge in [0.1, 0.15) is 0 Å². The van der Waals surface area contributed by atoms with Crippen LogP contribution in [-0.2, 0) is 9.84 Å². The predicted molar refractivity (Wildman–Crippen MR) is 50.5 cm³/mol. The Morgan fingerprint density at radius 3 is 2.69 bits per heavy atom. The molecule has 1 unspecified atom stereocenters. The molecule has 0 bridgehead atoms. The second-order valence-electron chi connectivity index (χ2n) is 3.65. The third-order valence-corrected chi connectivity index (χ3v) is 3.98. The van der Waals surface area contributed by atoms with E-state index in [-0.39, 0.29) is 17.5 Å². The molecule has 2 aliphatic rings. The van der Waals surface area contributed by atoms with Gasteiger partial charge in [-0.2, -0.15) is 0 Å². The molecule has 0 saturated carbocycles. The molecule has 0 aromatic rings. The van der Waals surface area contributed by atoms with Crippen LogP contribution in [0.1, 0.15) is 6.92 Å². The monoisotopic (exact) mass is 203 g/mol. The lowest BCUT2D eigenvalue weighted by Gasteiger charge is -2.27. The molecule has 0 aromatic heterocycles. The number of nitrogens with zero attached hydrogens (tertiary/aromatic N) is 1. The zero-order valence-corrected chi connectivity index (χ0v) is 8.26. The molecule has 2 aliphatic heterocycles. The zero-order valence-electron chi connectivity index (χ0n) is 7.45. The van der Waals surface area contributed by atoms with Crippen molar-refractivity contribution in [2.75, 3.05) is 18.1 Å². The van der Waals surface area contributed by atoms with Crippen LogP contribution in [0.3, 0.4) is 0 Å². The van der Waals surface area contributed by atoms with E-state index in [1.54, 1.807) is 0 Å². The third-order valence-electron chi connectivity index (χ3n) is 2.16. The first kappa shape index (κ1) is 8.80. The average Bonchev–Trinajstić information content (AvgIpc) is 2.31. The number of hydrogen-bond donors (Lipinski definition) is 2. The second kappa shape index (κ2) is 2.87. The minimum absolute atomic E-state index is 0.0570. The molecule has 0 amide bonds. The van der Waals surface area contributed by atoms with Gasteiger partial charge in [0.15, 0.2) is 15.8 Å². The molecule has 6 heteroatoms. The van der Waals surface area contributed by atoms with Crippen LogP contribution in [0.25, 0.3) is 0 Å². The summed E-state index contributed by atoms with van der Waals surface area (Å²) in [5.74, 6) is 1.22. The van der Waals surface area contributed by atoms with Crippen molar-refractivity contribution < 1.29 is 8.42 Å². The van der Waals surface area contributed by atoms with E-state index >= 15 is 0 Å². The van der Waals surface area contributed by atoms with Crippen molar-refractivity contribution in [2.24, 2.45) is 4.99 Å². The van der Waals surface area contributed by atoms with Crippen LogP contribution in [-0.4, -0.2) is 44.5 Å². The lowest BCUT2D eigenvalue weighted by atomic mass is 10.4. The van der Waals surface area contributed by atoms with Gasteiger partial charge < -0.3 is 10.6 Å². The summed E-state index contributed by atoms with van der Waals surface area (Å²) in [6.07, 6.45) is 0. The highest BCUT2D eigenvalue weighted by molar-refractivity contribution is 7.92. The summed E-state index contributed by atoms with van der Waals surface area (Å²) in [5.41, 5.74) is 0. The molecule has 1 fully saturated rings. The normalized spacial score (nSPS) is 31.8. The van der Waals surface area contributed by atoms with Gasteiger partial charge >= 0.3 is 0 Å². The van der Waals surface area contributed by atoms with E-state index in [0.717, 1.165) is 12.5 Å². The molecule has 2 N–H and O–H groups in total. The molecular formula is C7H13N3O2S. The lowest BCUT2D eigenvalue weighted by Crippen LogP contribution is -2.55. The van der Waals surface area contributed by atoms with E-state index in [9.17, 15) is 8.42 Å². The Kier molecular flexibility index (Phi) is 1.94. The minimum Gasteiger partial charge on any atom is -0.352 e. The molecule has 5 nitrogen and oxygen atoms in total. The highest BCUT2D eigenvalue weighted by atomic mass is 32.2. The van der Waals surface area contributed by atoms with E-state index in [4.69, 9.17) is 0 Å². The molecule has 0 radical (unpaired) electrons. The summed E-state index contributed by atoms with van der Waals surface area (Å²) in [4.78, 5) is 4.19. The molecule has 74 valence electrons. The molecule has 0 aromatic carbocycles. The van der Waals surface area contributed by atoms with Gasteiger partial charge in [0, 0.05) is 6.04 Å². The molecule has 1 saturated heterocycles. The smallest absolute Gasteiger partial charge is 0.191 e. The van der Waals surface area contributed by atoms with Crippen molar-refractivity contribution in [2.45, 2.75) is 19.0 Å². The third kappa shape index (κ3) is 1.93. The van der Waals surface area contributed by atoms with Gasteiger partial charge in [-0.3, -0.25) is 4.99 Å². The Morgan fingerprint density at radius 1 is 1.54 bits per heavy atom. The van der Waals surface area contributed by atoms with Gasteiger partial charge in [0.05, 0.1) is 24.1 Å². The van der Waals surface area contributed by atoms with Gasteiger partial charge in [0.25, 0.3) is 0 Å². The first-order valence-corrected chi connectivity index (χ1v) is 6.15. The van der Waals surface area contributed by atoms with Gasteiger partial charge in [-0.15, -0.1) is 0 Å².